The van der Waals surface area contributed by atoms with Crippen LogP contribution in [0.5, 0.6) is 0 Å². The highest BCUT2D eigenvalue weighted by atomic mass is 35.5. The normalized spacial score (nSPS) is 15.1. The van der Waals surface area contributed by atoms with E-state index >= 15 is 0 Å². The van der Waals surface area contributed by atoms with Crippen molar-refractivity contribution in [1.82, 2.24) is 0 Å². The van der Waals surface area contributed by atoms with Gasteiger partial charge < -0.3 is 10.2 Å². The van der Waals surface area contributed by atoms with E-state index in [0.717, 1.165) is 25.7 Å². The highest BCUT2D eigenvalue weighted by Crippen LogP contribution is 2.16. The van der Waals surface area contributed by atoms with Crippen LogP contribution in [0.1, 0.15) is 39.0 Å². The van der Waals surface area contributed by atoms with Crippen molar-refractivity contribution in [2.45, 2.75) is 45.1 Å². The van der Waals surface area contributed by atoms with Crippen LogP contribution in [0.25, 0.3) is 0 Å². The van der Waals surface area contributed by atoms with Gasteiger partial charge in [-0.15, -0.1) is 11.6 Å². The zero-order valence-corrected chi connectivity index (χ0v) is 9.33. The number of hydrogen-bond acceptors (Lipinski definition) is 2. The second-order valence-corrected chi connectivity index (χ2v) is 3.82. The van der Waals surface area contributed by atoms with Gasteiger partial charge in [-0.2, -0.15) is 0 Å². The Morgan fingerprint density at radius 2 is 2.00 bits per heavy atom. The fourth-order valence-electron chi connectivity index (χ4n) is 1.38. The lowest BCUT2D eigenvalue weighted by Gasteiger charge is -2.16. The molecule has 0 fully saturated rings. The standard InChI is InChI=1S/C10H19ClO3/c1-2-3-4-5-6-8(10(13)14)9(12)7-11/h8-9,12H,2-7H2,1H3,(H,13,14)/t8?,9-/m0/s1. The molecule has 0 saturated carbocycles. The highest BCUT2D eigenvalue weighted by Gasteiger charge is 2.24. The van der Waals surface area contributed by atoms with Crippen molar-refractivity contribution in [3.63, 3.8) is 0 Å². The van der Waals surface area contributed by atoms with E-state index in [9.17, 15) is 9.90 Å². The molecular weight excluding hydrogens is 204 g/mol. The molecule has 1 unspecified atom stereocenters. The summed E-state index contributed by atoms with van der Waals surface area (Å²) in [5.74, 6) is -1.66. The van der Waals surface area contributed by atoms with Gasteiger partial charge in [0.05, 0.1) is 12.0 Å². The van der Waals surface area contributed by atoms with Crippen molar-refractivity contribution in [2.75, 3.05) is 5.88 Å². The third-order valence-electron chi connectivity index (χ3n) is 2.31. The van der Waals surface area contributed by atoms with E-state index < -0.39 is 18.0 Å². The fraction of sp³-hybridized carbons (Fsp3) is 0.900. The van der Waals surface area contributed by atoms with Crippen molar-refractivity contribution >= 4 is 17.6 Å². The molecule has 4 heteroatoms. The Kier molecular flexibility index (Phi) is 7.90. The first-order chi connectivity index (χ1) is 6.63. The maximum Gasteiger partial charge on any atom is 0.309 e. The summed E-state index contributed by atoms with van der Waals surface area (Å²) in [5.41, 5.74) is 0. The number of carbonyl (C=O) groups is 1. The number of rotatable bonds is 8. The van der Waals surface area contributed by atoms with Crippen LogP contribution in [-0.2, 0) is 4.79 Å². The topological polar surface area (TPSA) is 57.5 Å². The summed E-state index contributed by atoms with van der Waals surface area (Å²) in [6, 6.07) is 0. The smallest absolute Gasteiger partial charge is 0.309 e. The number of hydrogen-bond donors (Lipinski definition) is 2. The van der Waals surface area contributed by atoms with Crippen LogP contribution >= 0.6 is 11.6 Å². The summed E-state index contributed by atoms with van der Waals surface area (Å²) >= 11 is 5.42. The van der Waals surface area contributed by atoms with Gasteiger partial charge in [-0.25, -0.2) is 0 Å². The molecule has 0 aromatic rings. The fourth-order valence-corrected chi connectivity index (χ4v) is 1.59. The molecule has 0 aromatic heterocycles. The van der Waals surface area contributed by atoms with Crippen LogP contribution in [0, 0.1) is 5.92 Å². The minimum atomic E-state index is -0.949. The molecule has 0 amide bonds. The number of aliphatic hydroxyl groups is 1. The summed E-state index contributed by atoms with van der Waals surface area (Å²) < 4.78 is 0. The highest BCUT2D eigenvalue weighted by molar-refractivity contribution is 6.18. The van der Waals surface area contributed by atoms with Crippen molar-refractivity contribution in [1.29, 1.82) is 0 Å². The first kappa shape index (κ1) is 13.7. The lowest BCUT2D eigenvalue weighted by molar-refractivity contribution is -0.145. The second kappa shape index (κ2) is 8.06. The SMILES string of the molecule is CCCCCCC(C(=O)O)[C@@H](O)CCl. The van der Waals surface area contributed by atoms with Gasteiger partial charge >= 0.3 is 5.97 Å². The number of alkyl halides is 1. The number of carboxylic acids is 1. The molecule has 0 rings (SSSR count). The summed E-state index contributed by atoms with van der Waals surface area (Å²) in [7, 11) is 0. The summed E-state index contributed by atoms with van der Waals surface area (Å²) in [4.78, 5) is 10.7. The predicted octanol–water partition coefficient (Wildman–Crippen LogP) is 2.26. The van der Waals surface area contributed by atoms with E-state index in [1.807, 2.05) is 0 Å². The molecule has 0 radical (unpaired) electrons. The first-order valence-corrected chi connectivity index (χ1v) is 5.63. The van der Waals surface area contributed by atoms with Crippen LogP contribution in [-0.4, -0.2) is 28.2 Å². The van der Waals surface area contributed by atoms with Crippen LogP contribution in [0.3, 0.4) is 0 Å². The van der Waals surface area contributed by atoms with Gasteiger partial charge in [-0.05, 0) is 6.42 Å². The lowest BCUT2D eigenvalue weighted by atomic mass is 9.96. The molecule has 0 aliphatic heterocycles. The minimum Gasteiger partial charge on any atom is -0.481 e. The molecule has 0 aliphatic rings. The van der Waals surface area contributed by atoms with Crippen LogP contribution in [0.4, 0.5) is 0 Å². The summed E-state index contributed by atoms with van der Waals surface area (Å²) in [6.07, 6.45) is 3.70. The Hall–Kier alpha value is -0.280. The van der Waals surface area contributed by atoms with Crippen molar-refractivity contribution in [3.05, 3.63) is 0 Å². The lowest BCUT2D eigenvalue weighted by Crippen LogP contribution is -2.29. The van der Waals surface area contributed by atoms with E-state index in [0.29, 0.717) is 6.42 Å². The summed E-state index contributed by atoms with van der Waals surface area (Å²) in [6.45, 7) is 2.10. The van der Waals surface area contributed by atoms with Gasteiger partial charge in [0.15, 0.2) is 0 Å². The molecule has 14 heavy (non-hydrogen) atoms. The predicted molar refractivity (Wildman–Crippen MR) is 56.6 cm³/mol. The van der Waals surface area contributed by atoms with Gasteiger partial charge in [0.1, 0.15) is 0 Å². The van der Waals surface area contributed by atoms with Crippen molar-refractivity contribution < 1.29 is 15.0 Å². The van der Waals surface area contributed by atoms with E-state index in [1.165, 1.54) is 0 Å². The molecular formula is C10H19ClO3. The Labute approximate surface area is 90.1 Å². The molecule has 0 bridgehead atoms. The Balaban J connectivity index is 3.80. The van der Waals surface area contributed by atoms with E-state index in [1.54, 1.807) is 0 Å². The molecule has 0 aliphatic carbocycles. The largest absolute Gasteiger partial charge is 0.481 e. The third-order valence-corrected chi connectivity index (χ3v) is 2.62. The van der Waals surface area contributed by atoms with Crippen LogP contribution in [0.2, 0.25) is 0 Å². The third kappa shape index (κ3) is 5.45. The maximum atomic E-state index is 10.7. The van der Waals surface area contributed by atoms with E-state index in [2.05, 4.69) is 6.92 Å². The Morgan fingerprint density at radius 1 is 1.36 bits per heavy atom. The average Bonchev–Trinajstić information content (AvgIpc) is 2.16. The van der Waals surface area contributed by atoms with Gasteiger partial charge in [0.25, 0.3) is 0 Å². The molecule has 0 saturated heterocycles. The minimum absolute atomic E-state index is 0.00918. The number of unbranched alkanes of at least 4 members (excludes halogenated alkanes) is 3. The Morgan fingerprint density at radius 3 is 2.43 bits per heavy atom. The first-order valence-electron chi connectivity index (χ1n) is 5.10. The molecule has 2 atom stereocenters. The maximum absolute atomic E-state index is 10.7. The van der Waals surface area contributed by atoms with Crippen LogP contribution in [0.15, 0.2) is 0 Å². The zero-order valence-electron chi connectivity index (χ0n) is 8.58. The van der Waals surface area contributed by atoms with Gasteiger partial charge in [-0.3, -0.25) is 4.79 Å². The van der Waals surface area contributed by atoms with E-state index in [-0.39, 0.29) is 5.88 Å². The van der Waals surface area contributed by atoms with E-state index in [4.69, 9.17) is 16.7 Å². The average molecular weight is 223 g/mol. The van der Waals surface area contributed by atoms with Crippen molar-refractivity contribution in [3.8, 4) is 0 Å². The molecule has 3 nitrogen and oxygen atoms in total. The number of aliphatic carboxylic acids is 1. The molecule has 0 heterocycles. The monoisotopic (exact) mass is 222 g/mol. The number of halogens is 1. The zero-order chi connectivity index (χ0) is 11.0. The van der Waals surface area contributed by atoms with Gasteiger partial charge in [0, 0.05) is 5.88 Å². The number of carboxylic acid groups (broad SMARTS) is 1. The quantitative estimate of drug-likeness (QED) is 0.489. The van der Waals surface area contributed by atoms with Crippen molar-refractivity contribution in [2.24, 2.45) is 5.92 Å². The van der Waals surface area contributed by atoms with Gasteiger partial charge in [0.2, 0.25) is 0 Å². The number of aliphatic hydroxyl groups excluding tert-OH is 1. The molecule has 2 N–H and O–H groups in total. The Bertz CT molecular complexity index is 161. The summed E-state index contributed by atoms with van der Waals surface area (Å²) in [5, 5.41) is 18.1. The molecule has 84 valence electrons. The molecule has 0 aromatic carbocycles. The van der Waals surface area contributed by atoms with Gasteiger partial charge in [-0.1, -0.05) is 32.6 Å². The molecule has 0 spiro atoms. The second-order valence-electron chi connectivity index (χ2n) is 3.52. The van der Waals surface area contributed by atoms with Crippen LogP contribution < -0.4 is 0 Å².